The largest absolute Gasteiger partial charge is 0.373 e. The molecule has 0 aliphatic carbocycles. The summed E-state index contributed by atoms with van der Waals surface area (Å²) in [7, 11) is 0. The van der Waals surface area contributed by atoms with E-state index < -0.39 is 4.92 Å². The summed E-state index contributed by atoms with van der Waals surface area (Å²) in [6.07, 6.45) is 0.207. The molecule has 1 aliphatic heterocycles. The Morgan fingerprint density at radius 2 is 2.15 bits per heavy atom. The number of carbonyl (C=O) groups excluding carboxylic acids is 1. The van der Waals surface area contributed by atoms with Gasteiger partial charge >= 0.3 is 0 Å². The molecule has 0 spiro atoms. The third-order valence-corrected chi connectivity index (χ3v) is 4.72. The quantitative estimate of drug-likeness (QED) is 0.636. The van der Waals surface area contributed by atoms with Gasteiger partial charge in [-0.3, -0.25) is 19.8 Å². The van der Waals surface area contributed by atoms with E-state index in [1.807, 2.05) is 13.8 Å². The molecule has 0 saturated carbocycles. The Hall–Kier alpha value is -2.36. The summed E-state index contributed by atoms with van der Waals surface area (Å²) in [5.41, 5.74) is 1.26. The van der Waals surface area contributed by atoms with Crippen LogP contribution >= 0.6 is 11.3 Å². The van der Waals surface area contributed by atoms with Crippen molar-refractivity contribution in [3.8, 4) is 11.3 Å². The van der Waals surface area contributed by atoms with Crippen LogP contribution in [0.3, 0.4) is 0 Å². The molecule has 2 atom stereocenters. The molecule has 1 fully saturated rings. The first-order valence-electron chi connectivity index (χ1n) is 8.28. The molecule has 2 aromatic rings. The van der Waals surface area contributed by atoms with Crippen LogP contribution in [0.2, 0.25) is 0 Å². The molecule has 1 amide bonds. The molecule has 0 radical (unpaired) electrons. The molecule has 8 nitrogen and oxygen atoms in total. The van der Waals surface area contributed by atoms with E-state index in [4.69, 9.17) is 4.74 Å². The van der Waals surface area contributed by atoms with E-state index in [1.54, 1.807) is 17.5 Å². The second kappa shape index (κ2) is 7.90. The molecule has 1 aromatic carbocycles. The molecule has 0 bridgehead atoms. The lowest BCUT2D eigenvalue weighted by atomic mass is 10.1. The SMILES string of the molecule is C[C@@H]1CN(CC(=O)Nc2nc(-c3cccc([N+](=O)[O-])c3)cs2)C[C@@H](C)O1. The molecule has 138 valence electrons. The van der Waals surface area contributed by atoms with Crippen LogP contribution in [0.1, 0.15) is 13.8 Å². The van der Waals surface area contributed by atoms with Crippen molar-refractivity contribution >= 4 is 28.1 Å². The van der Waals surface area contributed by atoms with Gasteiger partial charge in [0.25, 0.3) is 5.69 Å². The van der Waals surface area contributed by atoms with Crippen LogP contribution in [-0.2, 0) is 9.53 Å². The number of nitro groups is 1. The Bertz CT molecular complexity index is 800. The fraction of sp³-hybridized carbons (Fsp3) is 0.412. The maximum atomic E-state index is 12.3. The number of hydrogen-bond donors (Lipinski definition) is 1. The van der Waals surface area contributed by atoms with Gasteiger partial charge in [0, 0.05) is 36.2 Å². The van der Waals surface area contributed by atoms with Crippen molar-refractivity contribution in [3.05, 3.63) is 39.8 Å². The summed E-state index contributed by atoms with van der Waals surface area (Å²) < 4.78 is 5.66. The Labute approximate surface area is 154 Å². The highest BCUT2D eigenvalue weighted by Gasteiger charge is 2.24. The topological polar surface area (TPSA) is 97.6 Å². The average Bonchev–Trinajstić information content (AvgIpc) is 3.02. The highest BCUT2D eigenvalue weighted by molar-refractivity contribution is 7.14. The third-order valence-electron chi connectivity index (χ3n) is 3.97. The van der Waals surface area contributed by atoms with E-state index >= 15 is 0 Å². The molecule has 1 aromatic heterocycles. The zero-order chi connectivity index (χ0) is 18.7. The van der Waals surface area contributed by atoms with Crippen LogP contribution in [0.25, 0.3) is 11.3 Å². The fourth-order valence-corrected chi connectivity index (χ4v) is 3.75. The van der Waals surface area contributed by atoms with E-state index in [2.05, 4.69) is 15.2 Å². The summed E-state index contributed by atoms with van der Waals surface area (Å²) in [5, 5.41) is 15.9. The number of nitro benzene ring substituents is 1. The van der Waals surface area contributed by atoms with Gasteiger partial charge in [0.2, 0.25) is 5.91 Å². The lowest BCUT2D eigenvalue weighted by Crippen LogP contribution is -2.48. The predicted molar refractivity (Wildman–Crippen MR) is 99.3 cm³/mol. The number of hydrogen-bond acceptors (Lipinski definition) is 7. The Balaban J connectivity index is 1.62. The minimum atomic E-state index is -0.442. The van der Waals surface area contributed by atoms with E-state index in [0.29, 0.717) is 29.5 Å². The molecule has 3 rings (SSSR count). The molecule has 0 unspecified atom stereocenters. The zero-order valence-corrected chi connectivity index (χ0v) is 15.4. The lowest BCUT2D eigenvalue weighted by molar-refractivity contribution is -0.384. The Kier molecular flexibility index (Phi) is 5.60. The number of ether oxygens (including phenoxy) is 1. The number of amides is 1. The average molecular weight is 376 g/mol. The maximum Gasteiger partial charge on any atom is 0.270 e. The molecule has 26 heavy (non-hydrogen) atoms. The highest BCUT2D eigenvalue weighted by Crippen LogP contribution is 2.27. The Morgan fingerprint density at radius 1 is 1.42 bits per heavy atom. The molecule has 1 saturated heterocycles. The van der Waals surface area contributed by atoms with Crippen LogP contribution in [0.15, 0.2) is 29.6 Å². The number of nitrogens with zero attached hydrogens (tertiary/aromatic N) is 3. The monoisotopic (exact) mass is 376 g/mol. The van der Waals surface area contributed by atoms with Crippen molar-refractivity contribution in [1.82, 2.24) is 9.88 Å². The van der Waals surface area contributed by atoms with Crippen molar-refractivity contribution in [2.75, 3.05) is 25.0 Å². The van der Waals surface area contributed by atoms with Crippen LogP contribution in [-0.4, -0.2) is 52.6 Å². The molecule has 2 heterocycles. The van der Waals surface area contributed by atoms with Gasteiger partial charge in [-0.05, 0) is 13.8 Å². The fourth-order valence-electron chi connectivity index (χ4n) is 3.02. The van der Waals surface area contributed by atoms with Gasteiger partial charge in [0.05, 0.1) is 29.4 Å². The number of non-ortho nitro benzene ring substituents is 1. The molecule has 1 N–H and O–H groups in total. The second-order valence-corrected chi connectivity index (χ2v) is 7.20. The van der Waals surface area contributed by atoms with Crippen molar-refractivity contribution in [2.45, 2.75) is 26.1 Å². The summed E-state index contributed by atoms with van der Waals surface area (Å²) in [6.45, 7) is 5.70. The first-order valence-corrected chi connectivity index (χ1v) is 9.16. The standard InChI is InChI=1S/C17H20N4O4S/c1-11-7-20(8-12(2)25-11)9-16(22)19-17-18-15(10-26-17)13-4-3-5-14(6-13)21(23)24/h3-6,10-12H,7-9H2,1-2H3,(H,18,19,22)/t11-,12-/m1/s1. The van der Waals surface area contributed by atoms with Gasteiger partial charge in [-0.1, -0.05) is 12.1 Å². The third kappa shape index (κ3) is 4.63. The molecule has 1 aliphatic rings. The number of benzene rings is 1. The summed E-state index contributed by atoms with van der Waals surface area (Å²) in [6, 6.07) is 6.27. The first kappa shape index (κ1) is 18.4. The second-order valence-electron chi connectivity index (χ2n) is 6.34. The number of carbonyl (C=O) groups is 1. The Morgan fingerprint density at radius 3 is 2.85 bits per heavy atom. The minimum Gasteiger partial charge on any atom is -0.373 e. The van der Waals surface area contributed by atoms with Crippen LogP contribution in [0.4, 0.5) is 10.8 Å². The lowest BCUT2D eigenvalue weighted by Gasteiger charge is -2.34. The molecular weight excluding hydrogens is 356 g/mol. The summed E-state index contributed by atoms with van der Waals surface area (Å²) in [5.74, 6) is -0.133. The van der Waals surface area contributed by atoms with Crippen molar-refractivity contribution in [1.29, 1.82) is 0 Å². The first-order chi connectivity index (χ1) is 12.4. The number of aromatic nitrogens is 1. The molecule has 9 heteroatoms. The van der Waals surface area contributed by atoms with Gasteiger partial charge in [-0.2, -0.15) is 0 Å². The van der Waals surface area contributed by atoms with Gasteiger partial charge in [-0.15, -0.1) is 11.3 Å². The van der Waals surface area contributed by atoms with E-state index in [9.17, 15) is 14.9 Å². The number of anilines is 1. The van der Waals surface area contributed by atoms with Crippen LogP contribution in [0, 0.1) is 10.1 Å². The number of nitrogens with one attached hydrogen (secondary N) is 1. The van der Waals surface area contributed by atoms with Gasteiger partial charge < -0.3 is 10.1 Å². The van der Waals surface area contributed by atoms with Gasteiger partial charge in [0.15, 0.2) is 5.13 Å². The number of morpholine rings is 1. The van der Waals surface area contributed by atoms with Crippen molar-refractivity contribution in [2.24, 2.45) is 0 Å². The smallest absolute Gasteiger partial charge is 0.270 e. The molecular formula is C17H20N4O4S. The minimum absolute atomic E-state index is 0.0108. The van der Waals surface area contributed by atoms with Crippen molar-refractivity contribution < 1.29 is 14.5 Å². The summed E-state index contributed by atoms with van der Waals surface area (Å²) >= 11 is 1.29. The van der Waals surface area contributed by atoms with Gasteiger partial charge in [-0.25, -0.2) is 4.98 Å². The highest BCUT2D eigenvalue weighted by atomic mass is 32.1. The number of rotatable bonds is 5. The maximum absolute atomic E-state index is 12.3. The number of thiazole rings is 1. The predicted octanol–water partition coefficient (Wildman–Crippen LogP) is 2.77. The van der Waals surface area contributed by atoms with Crippen LogP contribution < -0.4 is 5.32 Å². The summed E-state index contributed by atoms with van der Waals surface area (Å²) in [4.78, 5) is 29.1. The van der Waals surface area contributed by atoms with Crippen LogP contribution in [0.5, 0.6) is 0 Å². The zero-order valence-electron chi connectivity index (χ0n) is 14.5. The van der Waals surface area contributed by atoms with Crippen molar-refractivity contribution in [3.63, 3.8) is 0 Å². The van der Waals surface area contributed by atoms with Gasteiger partial charge in [0.1, 0.15) is 0 Å². The van der Waals surface area contributed by atoms with E-state index in [-0.39, 0.29) is 30.3 Å². The normalized spacial score (nSPS) is 20.7. The van der Waals surface area contributed by atoms with E-state index in [0.717, 1.165) is 0 Å². The van der Waals surface area contributed by atoms with E-state index in [1.165, 1.54) is 23.5 Å².